The number of ether oxygens (including phenoxy) is 1. The first-order chi connectivity index (χ1) is 13.0. The number of aromatic nitrogens is 3. The van der Waals surface area contributed by atoms with Gasteiger partial charge in [0.1, 0.15) is 6.10 Å². The number of pyridine rings is 1. The number of halogens is 1. The fraction of sp³-hybridized carbons (Fsp3) is 0.400. The third-order valence-electron chi connectivity index (χ3n) is 5.16. The molecule has 0 saturated carbocycles. The van der Waals surface area contributed by atoms with E-state index < -0.39 is 5.82 Å². The summed E-state index contributed by atoms with van der Waals surface area (Å²) in [5, 5.41) is 4.89. The molecule has 0 bridgehead atoms. The van der Waals surface area contributed by atoms with Crippen LogP contribution in [0.3, 0.4) is 0 Å². The van der Waals surface area contributed by atoms with Crippen LogP contribution in [0.15, 0.2) is 35.5 Å². The molecule has 1 fully saturated rings. The summed E-state index contributed by atoms with van der Waals surface area (Å²) in [5.74, 6) is -0.226. The number of hydrogen-bond acceptors (Lipinski definition) is 4. The van der Waals surface area contributed by atoms with Crippen molar-refractivity contribution in [1.82, 2.24) is 19.7 Å². The molecule has 142 valence electrons. The monoisotopic (exact) mass is 370 g/mol. The van der Waals surface area contributed by atoms with E-state index in [0.717, 1.165) is 32.5 Å². The zero-order chi connectivity index (χ0) is 19.0. The summed E-state index contributed by atoms with van der Waals surface area (Å²) in [7, 11) is 1.91. The number of nitrogens with one attached hydrogen (secondary N) is 1. The van der Waals surface area contributed by atoms with Crippen molar-refractivity contribution in [3.63, 3.8) is 0 Å². The Morgan fingerprint density at radius 2 is 2.11 bits per heavy atom. The quantitative estimate of drug-likeness (QED) is 0.767. The lowest BCUT2D eigenvalue weighted by molar-refractivity contribution is 0.0938. The number of fused-ring (bicyclic) bond motifs is 1. The lowest BCUT2D eigenvalue weighted by Gasteiger charge is -2.32. The molecular formula is C20H23FN4O2. The second kappa shape index (κ2) is 7.15. The maximum absolute atomic E-state index is 14.9. The summed E-state index contributed by atoms with van der Waals surface area (Å²) in [5.41, 5.74) is 1.60. The average Bonchev–Trinajstić information content (AvgIpc) is 3.06. The molecule has 4 rings (SSSR count). The van der Waals surface area contributed by atoms with Crippen LogP contribution < -0.4 is 10.3 Å². The molecular weight excluding hydrogens is 347 g/mol. The van der Waals surface area contributed by atoms with Crippen molar-refractivity contribution >= 4 is 10.8 Å². The summed E-state index contributed by atoms with van der Waals surface area (Å²) in [6, 6.07) is 3.20. The van der Waals surface area contributed by atoms with E-state index in [-0.39, 0.29) is 17.4 Å². The van der Waals surface area contributed by atoms with Gasteiger partial charge in [-0.15, -0.1) is 0 Å². The van der Waals surface area contributed by atoms with E-state index in [1.165, 1.54) is 11.8 Å². The number of hydrogen-bond donors (Lipinski definition) is 1. The summed E-state index contributed by atoms with van der Waals surface area (Å²) < 4.78 is 22.7. The molecule has 1 saturated heterocycles. The number of H-pyrrole nitrogens is 1. The average molecular weight is 370 g/mol. The number of aryl methyl sites for hydroxylation is 2. The third kappa shape index (κ3) is 3.60. The standard InChI is InChI=1S/C20H23FN4O2/c1-13-9-22-20(26)16-3-4-17(19(21)18(13)16)27-15-5-7-25(8-6-15)12-14-10-23-24(2)11-14/h3-4,9-11,15H,5-8,12H2,1-2H3,(H,22,26). The summed E-state index contributed by atoms with van der Waals surface area (Å²) >= 11 is 0. The SMILES string of the molecule is Cc1c[nH]c(=O)c2ccc(OC3CCN(Cc4cnn(C)c4)CC3)c(F)c12. The van der Waals surface area contributed by atoms with E-state index in [0.29, 0.717) is 16.3 Å². The van der Waals surface area contributed by atoms with E-state index in [1.807, 2.05) is 19.4 Å². The van der Waals surface area contributed by atoms with Gasteiger partial charge in [-0.2, -0.15) is 5.10 Å². The van der Waals surface area contributed by atoms with Crippen LogP contribution in [0.4, 0.5) is 4.39 Å². The zero-order valence-electron chi connectivity index (χ0n) is 15.5. The van der Waals surface area contributed by atoms with Gasteiger partial charge in [-0.1, -0.05) is 0 Å². The molecule has 3 aromatic rings. The first-order valence-corrected chi connectivity index (χ1v) is 9.18. The highest BCUT2D eigenvalue weighted by molar-refractivity contribution is 5.86. The first-order valence-electron chi connectivity index (χ1n) is 9.18. The molecule has 2 aromatic heterocycles. The van der Waals surface area contributed by atoms with Crippen LogP contribution in [0.25, 0.3) is 10.8 Å². The van der Waals surface area contributed by atoms with Crippen LogP contribution in [0, 0.1) is 12.7 Å². The lowest BCUT2D eigenvalue weighted by Crippen LogP contribution is -2.37. The third-order valence-corrected chi connectivity index (χ3v) is 5.16. The number of likely N-dealkylation sites (tertiary alicyclic amines) is 1. The van der Waals surface area contributed by atoms with E-state index in [9.17, 15) is 9.18 Å². The van der Waals surface area contributed by atoms with Crippen molar-refractivity contribution < 1.29 is 9.13 Å². The lowest BCUT2D eigenvalue weighted by atomic mass is 10.1. The van der Waals surface area contributed by atoms with Crippen LogP contribution in [0.2, 0.25) is 0 Å². The minimum Gasteiger partial charge on any atom is -0.487 e. The fourth-order valence-corrected chi connectivity index (χ4v) is 3.72. The minimum absolute atomic E-state index is 0.0237. The summed E-state index contributed by atoms with van der Waals surface area (Å²) in [6.07, 6.45) is 7.10. The van der Waals surface area contributed by atoms with Gasteiger partial charge in [0.2, 0.25) is 0 Å². The Morgan fingerprint density at radius 3 is 2.81 bits per heavy atom. The predicted molar refractivity (Wildman–Crippen MR) is 101 cm³/mol. The Kier molecular flexibility index (Phi) is 4.70. The van der Waals surface area contributed by atoms with Gasteiger partial charge in [0.05, 0.1) is 11.6 Å². The normalized spacial score (nSPS) is 16.1. The highest BCUT2D eigenvalue weighted by Crippen LogP contribution is 2.29. The van der Waals surface area contributed by atoms with E-state index in [4.69, 9.17) is 4.74 Å². The molecule has 0 radical (unpaired) electrons. The number of rotatable bonds is 4. The van der Waals surface area contributed by atoms with Crippen LogP contribution in [0.5, 0.6) is 5.75 Å². The zero-order valence-corrected chi connectivity index (χ0v) is 15.5. The van der Waals surface area contributed by atoms with Crippen molar-refractivity contribution in [2.24, 2.45) is 7.05 Å². The number of aromatic amines is 1. The molecule has 0 spiro atoms. The molecule has 1 aliphatic rings. The van der Waals surface area contributed by atoms with Crippen molar-refractivity contribution in [2.75, 3.05) is 13.1 Å². The molecule has 0 amide bonds. The van der Waals surface area contributed by atoms with Crippen LogP contribution in [-0.2, 0) is 13.6 Å². The smallest absolute Gasteiger partial charge is 0.255 e. The van der Waals surface area contributed by atoms with E-state index in [1.54, 1.807) is 23.7 Å². The first kappa shape index (κ1) is 17.7. The molecule has 0 atom stereocenters. The molecule has 1 N–H and O–H groups in total. The molecule has 7 heteroatoms. The van der Waals surface area contributed by atoms with Gasteiger partial charge in [-0.3, -0.25) is 14.4 Å². The van der Waals surface area contributed by atoms with Crippen molar-refractivity contribution in [1.29, 1.82) is 0 Å². The van der Waals surface area contributed by atoms with Gasteiger partial charge < -0.3 is 9.72 Å². The molecule has 3 heterocycles. The molecule has 0 unspecified atom stereocenters. The van der Waals surface area contributed by atoms with Crippen molar-refractivity contribution in [3.8, 4) is 5.75 Å². The second-order valence-corrected chi connectivity index (χ2v) is 7.22. The predicted octanol–water partition coefficient (Wildman–Crippen LogP) is 2.75. The Morgan fingerprint density at radius 1 is 1.33 bits per heavy atom. The molecule has 27 heavy (non-hydrogen) atoms. The molecule has 6 nitrogen and oxygen atoms in total. The number of piperidine rings is 1. The fourth-order valence-electron chi connectivity index (χ4n) is 3.72. The number of nitrogens with zero attached hydrogens (tertiary/aromatic N) is 3. The highest BCUT2D eigenvalue weighted by Gasteiger charge is 2.23. The Labute approximate surface area is 156 Å². The van der Waals surface area contributed by atoms with Crippen LogP contribution in [0.1, 0.15) is 24.0 Å². The van der Waals surface area contributed by atoms with Crippen LogP contribution >= 0.6 is 0 Å². The molecule has 0 aliphatic carbocycles. The summed E-state index contributed by atoms with van der Waals surface area (Å²) in [6.45, 7) is 4.44. The topological polar surface area (TPSA) is 63.2 Å². The van der Waals surface area contributed by atoms with Gasteiger partial charge >= 0.3 is 0 Å². The van der Waals surface area contributed by atoms with Gasteiger partial charge in [0.25, 0.3) is 5.56 Å². The van der Waals surface area contributed by atoms with Crippen molar-refractivity contribution in [3.05, 3.63) is 58.0 Å². The van der Waals surface area contributed by atoms with Gasteiger partial charge in [-0.05, 0) is 37.5 Å². The van der Waals surface area contributed by atoms with Gasteiger partial charge in [-0.25, -0.2) is 4.39 Å². The second-order valence-electron chi connectivity index (χ2n) is 7.22. The van der Waals surface area contributed by atoms with E-state index >= 15 is 0 Å². The summed E-state index contributed by atoms with van der Waals surface area (Å²) in [4.78, 5) is 16.9. The number of benzene rings is 1. The Hall–Kier alpha value is -2.67. The molecule has 1 aliphatic heterocycles. The maximum atomic E-state index is 14.9. The highest BCUT2D eigenvalue weighted by atomic mass is 19.1. The Balaban J connectivity index is 1.44. The van der Waals surface area contributed by atoms with Crippen molar-refractivity contribution in [2.45, 2.75) is 32.4 Å². The minimum atomic E-state index is -0.450. The largest absolute Gasteiger partial charge is 0.487 e. The van der Waals surface area contributed by atoms with Gasteiger partial charge in [0, 0.05) is 50.0 Å². The molecule has 1 aromatic carbocycles. The Bertz CT molecular complexity index is 1020. The van der Waals surface area contributed by atoms with Gasteiger partial charge in [0.15, 0.2) is 11.6 Å². The van der Waals surface area contributed by atoms with E-state index in [2.05, 4.69) is 15.0 Å². The van der Waals surface area contributed by atoms with Crippen LogP contribution in [-0.4, -0.2) is 38.9 Å². The maximum Gasteiger partial charge on any atom is 0.255 e.